The average molecular weight is 145 g/mol. The Balaban J connectivity index is 2.13. The van der Waals surface area contributed by atoms with Crippen molar-refractivity contribution in [3.63, 3.8) is 0 Å². The van der Waals surface area contributed by atoms with Crippen LogP contribution in [0.3, 0.4) is 0 Å². The summed E-state index contributed by atoms with van der Waals surface area (Å²) in [6.07, 6.45) is 0.251. The van der Waals surface area contributed by atoms with E-state index in [1.807, 2.05) is 0 Å². The van der Waals surface area contributed by atoms with Crippen LogP contribution in [0.2, 0.25) is 0 Å². The zero-order chi connectivity index (χ0) is 7.40. The fourth-order valence-corrected chi connectivity index (χ4v) is 1.02. The molecule has 0 unspecified atom stereocenters. The molecule has 1 saturated heterocycles. The highest BCUT2D eigenvalue weighted by Crippen LogP contribution is 1.99. The third-order valence-corrected chi connectivity index (χ3v) is 1.63. The number of nitrogens with one attached hydrogen (secondary N) is 1. The molecule has 1 fully saturated rings. The first-order valence-corrected chi connectivity index (χ1v) is 3.67. The molecule has 0 aromatic heterocycles. The summed E-state index contributed by atoms with van der Waals surface area (Å²) >= 11 is 0. The van der Waals surface area contributed by atoms with Crippen molar-refractivity contribution in [2.75, 3.05) is 26.9 Å². The molecule has 0 amide bonds. The smallest absolute Gasteiger partial charge is 0.0933 e. The molecule has 0 aromatic carbocycles. The van der Waals surface area contributed by atoms with Crippen LogP contribution in [0.25, 0.3) is 0 Å². The molecule has 1 N–H and O–H groups in total. The van der Waals surface area contributed by atoms with E-state index in [4.69, 9.17) is 9.47 Å². The molecule has 2 atom stereocenters. The topological polar surface area (TPSA) is 30.5 Å². The van der Waals surface area contributed by atoms with Crippen LogP contribution < -0.4 is 5.32 Å². The second-order valence-electron chi connectivity index (χ2n) is 2.72. The number of ether oxygens (including phenoxy) is 2. The maximum Gasteiger partial charge on any atom is 0.0933 e. The Kier molecular flexibility index (Phi) is 3.12. The van der Waals surface area contributed by atoms with Gasteiger partial charge in [-0.1, -0.05) is 0 Å². The van der Waals surface area contributed by atoms with Crippen LogP contribution in [-0.4, -0.2) is 39.0 Å². The van der Waals surface area contributed by atoms with Crippen LogP contribution in [0.1, 0.15) is 6.92 Å². The van der Waals surface area contributed by atoms with Crippen molar-refractivity contribution in [3.05, 3.63) is 0 Å². The first-order chi connectivity index (χ1) is 4.83. The van der Waals surface area contributed by atoms with Gasteiger partial charge in [0.05, 0.1) is 19.3 Å². The van der Waals surface area contributed by atoms with Crippen molar-refractivity contribution in [3.8, 4) is 0 Å². The lowest BCUT2D eigenvalue weighted by Gasteiger charge is -2.27. The Bertz CT molecular complexity index is 89.6. The second-order valence-corrected chi connectivity index (χ2v) is 2.72. The Hall–Kier alpha value is -0.120. The average Bonchev–Trinajstić information content (AvgIpc) is 1.95. The molecule has 0 aromatic rings. The van der Waals surface area contributed by atoms with Crippen molar-refractivity contribution < 1.29 is 9.47 Å². The summed E-state index contributed by atoms with van der Waals surface area (Å²) in [5.74, 6) is 0. The Labute approximate surface area is 61.7 Å². The van der Waals surface area contributed by atoms with E-state index in [0.29, 0.717) is 12.6 Å². The zero-order valence-corrected chi connectivity index (χ0v) is 6.59. The molecule has 0 radical (unpaired) electrons. The lowest BCUT2D eigenvalue weighted by atomic mass is 10.2. The van der Waals surface area contributed by atoms with Gasteiger partial charge in [0.1, 0.15) is 0 Å². The SMILES string of the molecule is COC[C@H]1CN[C@@H](C)CO1. The van der Waals surface area contributed by atoms with Crippen LogP contribution >= 0.6 is 0 Å². The lowest BCUT2D eigenvalue weighted by Crippen LogP contribution is -2.46. The molecule has 0 bridgehead atoms. The number of morpholine rings is 1. The van der Waals surface area contributed by atoms with Gasteiger partial charge in [0.15, 0.2) is 0 Å². The van der Waals surface area contributed by atoms with Crippen LogP contribution in [0.4, 0.5) is 0 Å². The summed E-state index contributed by atoms with van der Waals surface area (Å²) in [6.45, 7) is 4.52. The molecule has 3 heteroatoms. The monoisotopic (exact) mass is 145 g/mol. The van der Waals surface area contributed by atoms with Crippen LogP contribution in [0, 0.1) is 0 Å². The molecule has 0 aliphatic carbocycles. The predicted octanol–water partition coefficient (Wildman–Crippen LogP) is 0.00970. The predicted molar refractivity (Wildman–Crippen MR) is 39.1 cm³/mol. The van der Waals surface area contributed by atoms with Gasteiger partial charge in [-0.3, -0.25) is 0 Å². The zero-order valence-electron chi connectivity index (χ0n) is 6.59. The Morgan fingerprint density at radius 2 is 2.50 bits per heavy atom. The Morgan fingerprint density at radius 1 is 1.70 bits per heavy atom. The van der Waals surface area contributed by atoms with Crippen LogP contribution in [0.15, 0.2) is 0 Å². The highest BCUT2D eigenvalue weighted by atomic mass is 16.5. The molecule has 0 saturated carbocycles. The minimum atomic E-state index is 0.251. The molecule has 10 heavy (non-hydrogen) atoms. The molecule has 0 spiro atoms. The first-order valence-electron chi connectivity index (χ1n) is 3.67. The lowest BCUT2D eigenvalue weighted by molar-refractivity contribution is -0.0330. The van der Waals surface area contributed by atoms with E-state index >= 15 is 0 Å². The highest BCUT2D eigenvalue weighted by molar-refractivity contribution is 4.71. The summed E-state index contributed by atoms with van der Waals surface area (Å²) in [7, 11) is 1.70. The summed E-state index contributed by atoms with van der Waals surface area (Å²) in [5.41, 5.74) is 0. The molecular weight excluding hydrogens is 130 g/mol. The first kappa shape index (κ1) is 7.98. The van der Waals surface area contributed by atoms with Gasteiger partial charge in [-0.15, -0.1) is 0 Å². The quantitative estimate of drug-likeness (QED) is 0.593. The third-order valence-electron chi connectivity index (χ3n) is 1.63. The number of hydrogen-bond donors (Lipinski definition) is 1. The minimum Gasteiger partial charge on any atom is -0.382 e. The highest BCUT2D eigenvalue weighted by Gasteiger charge is 2.16. The van der Waals surface area contributed by atoms with Crippen molar-refractivity contribution in [1.29, 1.82) is 0 Å². The molecule has 1 aliphatic heterocycles. The fraction of sp³-hybridized carbons (Fsp3) is 1.00. The number of methoxy groups -OCH3 is 1. The van der Waals surface area contributed by atoms with Crippen LogP contribution in [-0.2, 0) is 9.47 Å². The standard InChI is InChI=1S/C7H15NO2/c1-6-4-10-7(3-8-6)5-9-2/h6-8H,3-5H2,1-2H3/t6-,7+/m0/s1. The summed E-state index contributed by atoms with van der Waals surface area (Å²) in [4.78, 5) is 0. The largest absolute Gasteiger partial charge is 0.382 e. The maximum absolute atomic E-state index is 5.44. The molecule has 3 nitrogen and oxygen atoms in total. The molecule has 1 heterocycles. The number of hydrogen-bond acceptors (Lipinski definition) is 3. The molecule has 1 rings (SSSR count). The molecule has 1 aliphatic rings. The van der Waals surface area contributed by atoms with Gasteiger partial charge >= 0.3 is 0 Å². The van der Waals surface area contributed by atoms with Crippen molar-refractivity contribution in [2.24, 2.45) is 0 Å². The van der Waals surface area contributed by atoms with Crippen molar-refractivity contribution in [1.82, 2.24) is 5.32 Å². The van der Waals surface area contributed by atoms with Crippen molar-refractivity contribution >= 4 is 0 Å². The number of rotatable bonds is 2. The van der Waals surface area contributed by atoms with E-state index in [9.17, 15) is 0 Å². The fourth-order valence-electron chi connectivity index (χ4n) is 1.02. The second kappa shape index (κ2) is 3.91. The van der Waals surface area contributed by atoms with E-state index in [1.165, 1.54) is 0 Å². The summed E-state index contributed by atoms with van der Waals surface area (Å²) in [6, 6.07) is 0.494. The van der Waals surface area contributed by atoms with Gasteiger partial charge < -0.3 is 14.8 Å². The minimum absolute atomic E-state index is 0.251. The maximum atomic E-state index is 5.44. The van der Waals surface area contributed by atoms with Crippen molar-refractivity contribution in [2.45, 2.75) is 19.1 Å². The normalized spacial score (nSPS) is 34.2. The van der Waals surface area contributed by atoms with Crippen LogP contribution in [0.5, 0.6) is 0 Å². The Morgan fingerprint density at radius 3 is 3.00 bits per heavy atom. The van der Waals surface area contributed by atoms with Gasteiger partial charge in [0, 0.05) is 19.7 Å². The van der Waals surface area contributed by atoms with E-state index in [0.717, 1.165) is 13.2 Å². The van der Waals surface area contributed by atoms with E-state index in [2.05, 4.69) is 12.2 Å². The van der Waals surface area contributed by atoms with Gasteiger partial charge in [-0.05, 0) is 6.92 Å². The summed E-state index contributed by atoms with van der Waals surface area (Å²) in [5, 5.41) is 3.31. The van der Waals surface area contributed by atoms with Gasteiger partial charge in [-0.2, -0.15) is 0 Å². The third kappa shape index (κ3) is 2.25. The van der Waals surface area contributed by atoms with Gasteiger partial charge in [0.25, 0.3) is 0 Å². The van der Waals surface area contributed by atoms with E-state index < -0.39 is 0 Å². The van der Waals surface area contributed by atoms with E-state index in [-0.39, 0.29) is 6.10 Å². The van der Waals surface area contributed by atoms with E-state index in [1.54, 1.807) is 7.11 Å². The van der Waals surface area contributed by atoms with Gasteiger partial charge in [0.2, 0.25) is 0 Å². The van der Waals surface area contributed by atoms with Gasteiger partial charge in [-0.25, -0.2) is 0 Å². The summed E-state index contributed by atoms with van der Waals surface area (Å²) < 4.78 is 10.4. The molecule has 60 valence electrons. The molecular formula is C7H15NO2.